The summed E-state index contributed by atoms with van der Waals surface area (Å²) in [4.78, 5) is 39.0. The SMILES string of the molecule is Cc1c(NC(=O)c2ccc[nH]c2=O)cccc1C(=O)Nc1ccccc1. The fraction of sp³-hybridized carbons (Fsp3) is 0.0500. The van der Waals surface area contributed by atoms with Gasteiger partial charge >= 0.3 is 0 Å². The Hall–Kier alpha value is -3.67. The number of benzene rings is 2. The first kappa shape index (κ1) is 17.2. The van der Waals surface area contributed by atoms with Crippen LogP contribution < -0.4 is 16.2 Å². The summed E-state index contributed by atoms with van der Waals surface area (Å²) in [5, 5.41) is 5.50. The number of para-hydroxylation sites is 1. The van der Waals surface area contributed by atoms with Crippen molar-refractivity contribution < 1.29 is 9.59 Å². The van der Waals surface area contributed by atoms with E-state index in [1.54, 1.807) is 43.3 Å². The Labute approximate surface area is 149 Å². The zero-order valence-electron chi connectivity index (χ0n) is 14.1. The molecule has 0 radical (unpaired) electrons. The number of hydrogen-bond acceptors (Lipinski definition) is 3. The predicted molar refractivity (Wildman–Crippen MR) is 101 cm³/mol. The lowest BCUT2D eigenvalue weighted by atomic mass is 10.1. The van der Waals surface area contributed by atoms with Gasteiger partial charge in [-0.15, -0.1) is 0 Å². The number of aromatic nitrogens is 1. The van der Waals surface area contributed by atoms with Crippen LogP contribution >= 0.6 is 0 Å². The molecule has 0 aliphatic carbocycles. The molecule has 0 aliphatic heterocycles. The van der Waals surface area contributed by atoms with Gasteiger partial charge in [0.05, 0.1) is 0 Å². The zero-order chi connectivity index (χ0) is 18.5. The summed E-state index contributed by atoms with van der Waals surface area (Å²) in [6.07, 6.45) is 1.46. The van der Waals surface area contributed by atoms with Crippen LogP contribution in [-0.2, 0) is 0 Å². The topological polar surface area (TPSA) is 91.1 Å². The Bertz CT molecular complexity index is 1010. The number of nitrogens with one attached hydrogen (secondary N) is 3. The molecule has 1 aromatic heterocycles. The van der Waals surface area contributed by atoms with Crippen LogP contribution in [0.3, 0.4) is 0 Å². The Balaban J connectivity index is 1.83. The van der Waals surface area contributed by atoms with Crippen molar-refractivity contribution in [2.75, 3.05) is 10.6 Å². The summed E-state index contributed by atoms with van der Waals surface area (Å²) < 4.78 is 0. The average Bonchev–Trinajstić information content (AvgIpc) is 2.64. The number of carbonyl (C=O) groups is 2. The smallest absolute Gasteiger partial charge is 0.261 e. The standard InChI is InChI=1S/C20H17N3O3/c1-13-15(19(25)22-14-7-3-2-4-8-14)9-5-11-17(13)23-20(26)16-10-6-12-21-18(16)24/h2-12H,1H3,(H,21,24)(H,22,25)(H,23,26). The lowest BCUT2D eigenvalue weighted by Crippen LogP contribution is -2.23. The number of H-pyrrole nitrogens is 1. The van der Waals surface area contributed by atoms with E-state index in [9.17, 15) is 14.4 Å². The lowest BCUT2D eigenvalue weighted by molar-refractivity contribution is 0.101. The summed E-state index contributed by atoms with van der Waals surface area (Å²) in [5.41, 5.74) is 1.74. The second-order valence-electron chi connectivity index (χ2n) is 5.67. The fourth-order valence-electron chi connectivity index (χ4n) is 2.53. The molecule has 2 amide bonds. The first-order valence-corrected chi connectivity index (χ1v) is 8.01. The highest BCUT2D eigenvalue weighted by atomic mass is 16.2. The van der Waals surface area contributed by atoms with Gasteiger partial charge in [-0.3, -0.25) is 14.4 Å². The molecule has 0 spiro atoms. The highest BCUT2D eigenvalue weighted by Gasteiger charge is 2.15. The minimum Gasteiger partial charge on any atom is -0.328 e. The van der Waals surface area contributed by atoms with E-state index in [0.29, 0.717) is 22.5 Å². The van der Waals surface area contributed by atoms with Crippen LogP contribution in [0.25, 0.3) is 0 Å². The molecule has 0 aliphatic rings. The third-order valence-electron chi connectivity index (χ3n) is 3.92. The van der Waals surface area contributed by atoms with Gasteiger partial charge in [-0.05, 0) is 48.9 Å². The minimum absolute atomic E-state index is 0.00559. The third-order valence-corrected chi connectivity index (χ3v) is 3.92. The highest BCUT2D eigenvalue weighted by Crippen LogP contribution is 2.21. The average molecular weight is 347 g/mol. The quantitative estimate of drug-likeness (QED) is 0.677. The molecule has 130 valence electrons. The van der Waals surface area contributed by atoms with E-state index in [1.165, 1.54) is 12.3 Å². The molecule has 3 N–H and O–H groups in total. The molecule has 26 heavy (non-hydrogen) atoms. The van der Waals surface area contributed by atoms with Crippen molar-refractivity contribution in [1.29, 1.82) is 0 Å². The van der Waals surface area contributed by atoms with Gasteiger partial charge in [0.2, 0.25) is 0 Å². The van der Waals surface area contributed by atoms with Gasteiger partial charge in [0, 0.05) is 23.1 Å². The number of rotatable bonds is 4. The van der Waals surface area contributed by atoms with Crippen LogP contribution in [0.15, 0.2) is 71.7 Å². The van der Waals surface area contributed by atoms with Crippen molar-refractivity contribution in [1.82, 2.24) is 4.98 Å². The maximum absolute atomic E-state index is 12.5. The van der Waals surface area contributed by atoms with Gasteiger partial charge in [0.25, 0.3) is 17.4 Å². The second-order valence-corrected chi connectivity index (χ2v) is 5.67. The maximum Gasteiger partial charge on any atom is 0.261 e. The van der Waals surface area contributed by atoms with E-state index < -0.39 is 11.5 Å². The Kier molecular flexibility index (Phi) is 4.94. The van der Waals surface area contributed by atoms with E-state index in [-0.39, 0.29) is 11.5 Å². The minimum atomic E-state index is -0.532. The Morgan fingerprint density at radius 3 is 2.23 bits per heavy atom. The highest BCUT2D eigenvalue weighted by molar-refractivity contribution is 6.08. The molecule has 0 bridgehead atoms. The number of hydrogen-bond donors (Lipinski definition) is 3. The van der Waals surface area contributed by atoms with E-state index in [1.807, 2.05) is 18.2 Å². The van der Waals surface area contributed by atoms with Crippen LogP contribution in [0.4, 0.5) is 11.4 Å². The maximum atomic E-state index is 12.5. The number of aromatic amines is 1. The van der Waals surface area contributed by atoms with Crippen molar-refractivity contribution in [3.63, 3.8) is 0 Å². The van der Waals surface area contributed by atoms with Crippen LogP contribution in [0.2, 0.25) is 0 Å². The van der Waals surface area contributed by atoms with Crippen molar-refractivity contribution in [3.05, 3.63) is 93.9 Å². The molecule has 0 fully saturated rings. The summed E-state index contributed by atoms with van der Waals surface area (Å²) in [7, 11) is 0. The van der Waals surface area contributed by atoms with Gasteiger partial charge < -0.3 is 15.6 Å². The van der Waals surface area contributed by atoms with Crippen LogP contribution in [0.1, 0.15) is 26.3 Å². The molecule has 0 unspecified atom stereocenters. The number of pyridine rings is 1. The molecule has 6 nitrogen and oxygen atoms in total. The zero-order valence-corrected chi connectivity index (χ0v) is 14.1. The predicted octanol–water partition coefficient (Wildman–Crippen LogP) is 3.19. The molecule has 1 heterocycles. The van der Waals surface area contributed by atoms with Gasteiger partial charge in [0.1, 0.15) is 5.56 Å². The van der Waals surface area contributed by atoms with E-state index in [0.717, 1.165) is 0 Å². The van der Waals surface area contributed by atoms with E-state index in [4.69, 9.17) is 0 Å². The molecule has 3 rings (SSSR count). The molecular formula is C20H17N3O3. The van der Waals surface area contributed by atoms with Gasteiger partial charge in [-0.2, -0.15) is 0 Å². The normalized spacial score (nSPS) is 10.2. The van der Waals surface area contributed by atoms with Crippen LogP contribution in [0, 0.1) is 6.92 Å². The third kappa shape index (κ3) is 3.70. The molecular weight excluding hydrogens is 330 g/mol. The molecule has 0 atom stereocenters. The summed E-state index contributed by atoms with van der Waals surface area (Å²) in [5.74, 6) is -0.807. The van der Waals surface area contributed by atoms with Crippen molar-refractivity contribution in [2.45, 2.75) is 6.92 Å². The number of amides is 2. The number of anilines is 2. The summed E-state index contributed by atoms with van der Waals surface area (Å²) in [6.45, 7) is 1.74. The lowest BCUT2D eigenvalue weighted by Gasteiger charge is -2.12. The monoisotopic (exact) mass is 347 g/mol. The molecule has 2 aromatic carbocycles. The second kappa shape index (κ2) is 7.48. The molecule has 3 aromatic rings. The van der Waals surface area contributed by atoms with E-state index in [2.05, 4.69) is 15.6 Å². The van der Waals surface area contributed by atoms with Crippen molar-refractivity contribution in [3.8, 4) is 0 Å². The molecule has 0 saturated carbocycles. The van der Waals surface area contributed by atoms with Crippen molar-refractivity contribution in [2.24, 2.45) is 0 Å². The molecule has 0 saturated heterocycles. The van der Waals surface area contributed by atoms with Crippen LogP contribution in [-0.4, -0.2) is 16.8 Å². The first-order chi connectivity index (χ1) is 12.6. The first-order valence-electron chi connectivity index (χ1n) is 8.01. The molecule has 6 heteroatoms. The number of carbonyl (C=O) groups excluding carboxylic acids is 2. The fourth-order valence-corrected chi connectivity index (χ4v) is 2.53. The van der Waals surface area contributed by atoms with Crippen molar-refractivity contribution >= 4 is 23.2 Å². The largest absolute Gasteiger partial charge is 0.328 e. The summed E-state index contributed by atoms with van der Waals surface area (Å²) >= 11 is 0. The summed E-state index contributed by atoms with van der Waals surface area (Å²) in [6, 6.07) is 17.2. The van der Waals surface area contributed by atoms with Gasteiger partial charge in [0.15, 0.2) is 0 Å². The Morgan fingerprint density at radius 1 is 0.808 bits per heavy atom. The Morgan fingerprint density at radius 2 is 1.50 bits per heavy atom. The van der Waals surface area contributed by atoms with Gasteiger partial charge in [-0.1, -0.05) is 24.3 Å². The van der Waals surface area contributed by atoms with Gasteiger partial charge in [-0.25, -0.2) is 0 Å². The van der Waals surface area contributed by atoms with E-state index >= 15 is 0 Å². The van der Waals surface area contributed by atoms with Crippen LogP contribution in [0.5, 0.6) is 0 Å².